The van der Waals surface area contributed by atoms with E-state index in [2.05, 4.69) is 218 Å². The summed E-state index contributed by atoms with van der Waals surface area (Å²) in [5.41, 5.74) is 18.2. The topological polar surface area (TPSA) is 13.1 Å². The summed E-state index contributed by atoms with van der Waals surface area (Å²) in [6, 6.07) is 79.2. The second-order valence-electron chi connectivity index (χ2n) is 14.8. The molecule has 0 atom stereocenters. The van der Waals surface area contributed by atoms with Gasteiger partial charge in [0, 0.05) is 16.3 Å². The summed E-state index contributed by atoms with van der Waals surface area (Å²) in [6.45, 7) is 0. The van der Waals surface area contributed by atoms with Gasteiger partial charge >= 0.3 is 0 Å². The third kappa shape index (κ3) is 5.02. The Balaban J connectivity index is 1.09. The number of furan rings is 1. The number of hydrogen-bond donors (Lipinski definition) is 0. The van der Waals surface area contributed by atoms with Gasteiger partial charge in [-0.15, -0.1) is 0 Å². The molecule has 0 spiro atoms. The van der Waals surface area contributed by atoms with Gasteiger partial charge in [0.05, 0.1) is 5.41 Å². The van der Waals surface area contributed by atoms with Gasteiger partial charge in [0.25, 0.3) is 0 Å². The van der Waals surface area contributed by atoms with Crippen LogP contribution < -0.4 is 0 Å². The van der Waals surface area contributed by atoms with Crippen molar-refractivity contribution in [3.63, 3.8) is 0 Å². The van der Waals surface area contributed by atoms with Crippen molar-refractivity contribution in [2.75, 3.05) is 0 Å². The maximum absolute atomic E-state index is 7.03. The minimum Gasteiger partial charge on any atom is -0.455 e. The highest BCUT2D eigenvalue weighted by Crippen LogP contribution is 2.57. The molecule has 1 heteroatoms. The highest BCUT2D eigenvalue weighted by molar-refractivity contribution is 6.12. The predicted octanol–water partition coefficient (Wildman–Crippen LogP) is 14.6. The van der Waals surface area contributed by atoms with Crippen molar-refractivity contribution in [2.24, 2.45) is 0 Å². The maximum atomic E-state index is 7.03. The summed E-state index contributed by atoms with van der Waals surface area (Å²) in [4.78, 5) is 0. The van der Waals surface area contributed by atoms with Crippen LogP contribution in [0.5, 0.6) is 0 Å². The van der Waals surface area contributed by atoms with Gasteiger partial charge in [0.1, 0.15) is 11.2 Å². The highest BCUT2D eigenvalue weighted by Gasteiger charge is 2.46. The lowest BCUT2D eigenvalue weighted by Crippen LogP contribution is -2.28. The Morgan fingerprint density at radius 3 is 1.41 bits per heavy atom. The lowest BCUT2D eigenvalue weighted by Gasteiger charge is -2.33. The smallest absolute Gasteiger partial charge is 0.143 e. The van der Waals surface area contributed by atoms with E-state index in [1.54, 1.807) is 0 Å². The number of rotatable bonds is 6. The fourth-order valence-electron chi connectivity index (χ4n) is 9.21. The maximum Gasteiger partial charge on any atom is 0.143 e. The van der Waals surface area contributed by atoms with E-state index in [4.69, 9.17) is 4.42 Å². The zero-order chi connectivity index (χ0) is 37.1. The first-order chi connectivity index (χ1) is 27.8. The Labute approximate surface area is 326 Å². The number of benzene rings is 9. The van der Waals surface area contributed by atoms with Gasteiger partial charge in [0.15, 0.2) is 0 Å². The van der Waals surface area contributed by atoms with Gasteiger partial charge in [-0.1, -0.05) is 182 Å². The number of fused-ring (bicyclic) bond motifs is 6. The van der Waals surface area contributed by atoms with Crippen LogP contribution in [0.1, 0.15) is 22.3 Å². The van der Waals surface area contributed by atoms with Crippen molar-refractivity contribution in [2.45, 2.75) is 5.41 Å². The summed E-state index contributed by atoms with van der Waals surface area (Å²) in [7, 11) is 0. The molecule has 0 N–H and O–H groups in total. The molecule has 1 aromatic heterocycles. The van der Waals surface area contributed by atoms with Crippen molar-refractivity contribution in [1.82, 2.24) is 0 Å². The van der Waals surface area contributed by atoms with Crippen LogP contribution >= 0.6 is 0 Å². The molecule has 10 aromatic rings. The molecule has 11 rings (SSSR count). The molecule has 0 radical (unpaired) electrons. The lowest BCUT2D eigenvalue weighted by atomic mass is 9.67. The van der Waals surface area contributed by atoms with E-state index >= 15 is 0 Å². The minimum atomic E-state index is -0.480. The van der Waals surface area contributed by atoms with Gasteiger partial charge in [-0.2, -0.15) is 0 Å². The van der Waals surface area contributed by atoms with Gasteiger partial charge in [-0.05, 0) is 109 Å². The van der Waals surface area contributed by atoms with E-state index in [1.165, 1.54) is 61.2 Å². The van der Waals surface area contributed by atoms with Gasteiger partial charge in [0.2, 0.25) is 0 Å². The molecule has 262 valence electrons. The lowest BCUT2D eigenvalue weighted by molar-refractivity contribution is 0.667. The molecule has 1 aliphatic rings. The third-order valence-electron chi connectivity index (χ3n) is 11.7. The van der Waals surface area contributed by atoms with Crippen LogP contribution in [0.25, 0.3) is 77.6 Å². The fourth-order valence-corrected chi connectivity index (χ4v) is 9.21. The Morgan fingerprint density at radius 1 is 0.286 bits per heavy atom. The van der Waals surface area contributed by atoms with Crippen molar-refractivity contribution < 1.29 is 4.42 Å². The van der Waals surface area contributed by atoms with E-state index < -0.39 is 5.41 Å². The number of hydrogen-bond acceptors (Lipinski definition) is 1. The molecule has 0 bridgehead atoms. The molecule has 0 aliphatic heterocycles. The molecule has 0 unspecified atom stereocenters. The molecule has 0 saturated carbocycles. The Kier molecular flexibility index (Phi) is 7.47. The van der Waals surface area contributed by atoms with Crippen LogP contribution in [0.4, 0.5) is 0 Å². The molecular weight excluding hydrogens is 677 g/mol. The molecule has 9 aromatic carbocycles. The van der Waals surface area contributed by atoms with Crippen LogP contribution in [0, 0.1) is 0 Å². The van der Waals surface area contributed by atoms with Crippen molar-refractivity contribution >= 4 is 21.9 Å². The van der Waals surface area contributed by atoms with E-state index in [1.807, 2.05) is 0 Å². The summed E-state index contributed by atoms with van der Waals surface area (Å²) < 4.78 is 7.03. The Bertz CT molecular complexity index is 2950. The highest BCUT2D eigenvalue weighted by atomic mass is 16.3. The molecule has 0 fully saturated rings. The average Bonchev–Trinajstić information content (AvgIpc) is 3.79. The minimum absolute atomic E-state index is 0.480. The van der Waals surface area contributed by atoms with Crippen LogP contribution in [0.15, 0.2) is 223 Å². The van der Waals surface area contributed by atoms with Crippen LogP contribution in [-0.4, -0.2) is 0 Å². The van der Waals surface area contributed by atoms with Crippen LogP contribution in [0.2, 0.25) is 0 Å². The predicted molar refractivity (Wildman–Crippen MR) is 233 cm³/mol. The molecule has 56 heavy (non-hydrogen) atoms. The van der Waals surface area contributed by atoms with E-state index in [9.17, 15) is 0 Å². The molecule has 1 aliphatic carbocycles. The van der Waals surface area contributed by atoms with E-state index in [0.717, 1.165) is 38.6 Å². The first kappa shape index (κ1) is 32.2. The second-order valence-corrected chi connectivity index (χ2v) is 14.8. The van der Waals surface area contributed by atoms with E-state index in [0.29, 0.717) is 0 Å². The van der Waals surface area contributed by atoms with Crippen molar-refractivity contribution in [3.05, 3.63) is 241 Å². The van der Waals surface area contributed by atoms with Crippen LogP contribution in [-0.2, 0) is 5.41 Å². The third-order valence-corrected chi connectivity index (χ3v) is 11.7. The summed E-state index contributed by atoms with van der Waals surface area (Å²) in [5, 5.41) is 2.25. The van der Waals surface area contributed by atoms with Crippen molar-refractivity contribution in [3.8, 4) is 55.6 Å². The molecule has 1 heterocycles. The SMILES string of the molecule is c1ccc(-c2cc(-c3ccccc3)cc(-c3cccc(-c4cccc5c4oc4cc6c(cc45)-c4ccccc4C6(c4ccccc4)c4ccccc4)c3)c2)cc1. The largest absolute Gasteiger partial charge is 0.455 e. The summed E-state index contributed by atoms with van der Waals surface area (Å²) in [5.74, 6) is 0. The monoisotopic (exact) mass is 712 g/mol. The first-order valence-electron chi connectivity index (χ1n) is 19.3. The normalized spacial score (nSPS) is 12.8. The van der Waals surface area contributed by atoms with Gasteiger partial charge < -0.3 is 4.42 Å². The molecule has 0 saturated heterocycles. The summed E-state index contributed by atoms with van der Waals surface area (Å²) in [6.07, 6.45) is 0. The van der Waals surface area contributed by atoms with Gasteiger partial charge in [-0.25, -0.2) is 0 Å². The molecule has 1 nitrogen and oxygen atoms in total. The summed E-state index contributed by atoms with van der Waals surface area (Å²) >= 11 is 0. The fraction of sp³-hybridized carbons (Fsp3) is 0.0182. The quantitative estimate of drug-likeness (QED) is 0.167. The van der Waals surface area contributed by atoms with E-state index in [-0.39, 0.29) is 0 Å². The van der Waals surface area contributed by atoms with Gasteiger partial charge in [-0.3, -0.25) is 0 Å². The van der Waals surface area contributed by atoms with Crippen LogP contribution in [0.3, 0.4) is 0 Å². The number of para-hydroxylation sites is 1. The molecule has 0 amide bonds. The zero-order valence-corrected chi connectivity index (χ0v) is 30.7. The average molecular weight is 713 g/mol. The standard InChI is InChI=1S/C55H36O/c1-5-17-37(18-6-1)41-32-42(38-19-7-2-8-20-38)34-43(33-41)39-21-15-22-40(31-39)46-28-16-29-48-50-35-49-47-27-13-14-30-51(47)55(44-23-9-3-10-24-44,45-25-11-4-12-26-45)52(49)36-53(50)56-54(46)48/h1-36H. The Hall–Kier alpha value is -7.22. The second kappa shape index (κ2) is 13.0. The molecular formula is C55H36O. The van der Waals surface area contributed by atoms with Crippen molar-refractivity contribution in [1.29, 1.82) is 0 Å². The Morgan fingerprint density at radius 2 is 0.768 bits per heavy atom. The zero-order valence-electron chi connectivity index (χ0n) is 30.7. The first-order valence-corrected chi connectivity index (χ1v) is 19.3.